The SMILES string of the molecule is CN1C(=O)CC(N=C(N)NC(C)(C)C)C1=O. The van der Waals surface area contributed by atoms with E-state index in [2.05, 4.69) is 10.3 Å². The lowest BCUT2D eigenvalue weighted by Crippen LogP contribution is -2.45. The van der Waals surface area contributed by atoms with Crippen LogP contribution in [0.15, 0.2) is 4.99 Å². The number of hydrogen-bond donors (Lipinski definition) is 2. The van der Waals surface area contributed by atoms with Gasteiger partial charge in [-0.25, -0.2) is 4.99 Å². The number of rotatable bonds is 1. The molecular weight excluding hydrogens is 208 g/mol. The molecule has 6 heteroatoms. The molecule has 0 radical (unpaired) electrons. The molecule has 6 nitrogen and oxygen atoms in total. The summed E-state index contributed by atoms with van der Waals surface area (Å²) in [6, 6.07) is -0.674. The Morgan fingerprint density at radius 1 is 1.50 bits per heavy atom. The van der Waals surface area contributed by atoms with Gasteiger partial charge >= 0.3 is 0 Å². The van der Waals surface area contributed by atoms with E-state index in [1.165, 1.54) is 7.05 Å². The number of carbonyl (C=O) groups is 2. The number of imide groups is 1. The summed E-state index contributed by atoms with van der Waals surface area (Å²) in [5, 5.41) is 2.94. The number of nitrogens with one attached hydrogen (secondary N) is 1. The van der Waals surface area contributed by atoms with Crippen molar-refractivity contribution in [3.8, 4) is 0 Å². The van der Waals surface area contributed by atoms with Crippen LogP contribution in [0.3, 0.4) is 0 Å². The lowest BCUT2D eigenvalue weighted by molar-refractivity contribution is -0.136. The van der Waals surface area contributed by atoms with Crippen molar-refractivity contribution in [2.45, 2.75) is 38.8 Å². The topological polar surface area (TPSA) is 87.8 Å². The zero-order chi connectivity index (χ0) is 12.5. The Bertz CT molecular complexity index is 343. The third-order valence-corrected chi connectivity index (χ3v) is 2.16. The summed E-state index contributed by atoms with van der Waals surface area (Å²) in [6.07, 6.45) is 0.0991. The fourth-order valence-electron chi connectivity index (χ4n) is 1.42. The van der Waals surface area contributed by atoms with E-state index < -0.39 is 6.04 Å². The Labute approximate surface area is 94.9 Å². The summed E-state index contributed by atoms with van der Waals surface area (Å²) < 4.78 is 0. The van der Waals surface area contributed by atoms with Gasteiger partial charge in [0.2, 0.25) is 5.91 Å². The molecule has 1 aliphatic rings. The first-order chi connectivity index (χ1) is 7.20. The number of hydrogen-bond acceptors (Lipinski definition) is 3. The highest BCUT2D eigenvalue weighted by Crippen LogP contribution is 2.13. The second-order valence-electron chi connectivity index (χ2n) is 4.90. The fraction of sp³-hybridized carbons (Fsp3) is 0.700. The van der Waals surface area contributed by atoms with Crippen LogP contribution in [-0.4, -0.2) is 41.3 Å². The molecule has 1 aliphatic heterocycles. The molecular formula is C10H18N4O2. The van der Waals surface area contributed by atoms with Gasteiger partial charge in [0.1, 0.15) is 6.04 Å². The van der Waals surface area contributed by atoms with E-state index in [0.29, 0.717) is 0 Å². The van der Waals surface area contributed by atoms with Gasteiger partial charge in [-0.1, -0.05) is 0 Å². The normalized spacial score (nSPS) is 22.9. The van der Waals surface area contributed by atoms with Crippen LogP contribution in [0, 0.1) is 0 Å². The molecule has 1 atom stereocenters. The van der Waals surface area contributed by atoms with Crippen LogP contribution in [0.25, 0.3) is 0 Å². The molecule has 0 aromatic heterocycles. The Balaban J connectivity index is 2.71. The van der Waals surface area contributed by atoms with Crippen LogP contribution in [0.4, 0.5) is 0 Å². The minimum Gasteiger partial charge on any atom is -0.370 e. The third-order valence-electron chi connectivity index (χ3n) is 2.16. The quantitative estimate of drug-likeness (QED) is 0.356. The molecule has 0 aromatic carbocycles. The summed E-state index contributed by atoms with van der Waals surface area (Å²) in [7, 11) is 1.45. The van der Waals surface area contributed by atoms with Gasteiger partial charge in [0.25, 0.3) is 5.91 Å². The monoisotopic (exact) mass is 226 g/mol. The standard InChI is InChI=1S/C10H18N4O2/c1-10(2,3)13-9(11)12-6-5-7(15)14(4)8(6)16/h6H,5H2,1-4H3,(H3,11,12,13). The molecule has 0 spiro atoms. The number of amides is 2. The van der Waals surface area contributed by atoms with Crippen LogP contribution in [0.5, 0.6) is 0 Å². The van der Waals surface area contributed by atoms with Gasteiger partial charge in [-0.3, -0.25) is 14.5 Å². The maximum Gasteiger partial charge on any atom is 0.254 e. The number of likely N-dealkylation sites (N-methyl/N-ethyl adjacent to an activating group) is 1. The van der Waals surface area contributed by atoms with E-state index in [1.54, 1.807) is 0 Å². The molecule has 1 saturated heterocycles. The second-order valence-corrected chi connectivity index (χ2v) is 4.90. The van der Waals surface area contributed by atoms with E-state index in [9.17, 15) is 9.59 Å². The summed E-state index contributed by atoms with van der Waals surface area (Å²) in [5.74, 6) is -0.333. The number of aliphatic imine (C=N–C) groups is 1. The van der Waals surface area contributed by atoms with Crippen LogP contribution >= 0.6 is 0 Å². The molecule has 3 N–H and O–H groups in total. The summed E-state index contributed by atoms with van der Waals surface area (Å²) >= 11 is 0. The lowest BCUT2D eigenvalue weighted by Gasteiger charge is -2.21. The van der Waals surface area contributed by atoms with Crippen molar-refractivity contribution in [2.75, 3.05) is 7.05 Å². The molecule has 90 valence electrons. The molecule has 1 heterocycles. The molecule has 1 rings (SSSR count). The van der Waals surface area contributed by atoms with Gasteiger partial charge in [0.05, 0.1) is 6.42 Å². The number of carbonyl (C=O) groups excluding carboxylic acids is 2. The first-order valence-electron chi connectivity index (χ1n) is 5.12. The fourth-order valence-corrected chi connectivity index (χ4v) is 1.42. The average molecular weight is 226 g/mol. The number of likely N-dealkylation sites (tertiary alicyclic amines) is 1. The molecule has 0 aliphatic carbocycles. The van der Waals surface area contributed by atoms with E-state index in [4.69, 9.17) is 5.73 Å². The maximum atomic E-state index is 11.5. The zero-order valence-electron chi connectivity index (χ0n) is 10.1. The molecule has 2 amide bonds. The smallest absolute Gasteiger partial charge is 0.254 e. The lowest BCUT2D eigenvalue weighted by atomic mass is 10.1. The summed E-state index contributed by atoms with van der Waals surface area (Å²) in [5.41, 5.74) is 5.43. The van der Waals surface area contributed by atoms with Crippen molar-refractivity contribution in [2.24, 2.45) is 10.7 Å². The molecule has 1 fully saturated rings. The number of nitrogens with two attached hydrogens (primary N) is 1. The van der Waals surface area contributed by atoms with Crippen molar-refractivity contribution in [1.29, 1.82) is 0 Å². The van der Waals surface area contributed by atoms with Crippen molar-refractivity contribution >= 4 is 17.8 Å². The minimum atomic E-state index is -0.674. The highest BCUT2D eigenvalue weighted by atomic mass is 16.2. The van der Waals surface area contributed by atoms with Crippen LogP contribution in [0.2, 0.25) is 0 Å². The van der Waals surface area contributed by atoms with Crippen LogP contribution in [-0.2, 0) is 9.59 Å². The predicted octanol–water partition coefficient (Wildman–Crippen LogP) is -0.553. The molecule has 16 heavy (non-hydrogen) atoms. The van der Waals surface area contributed by atoms with Gasteiger partial charge in [-0.05, 0) is 20.8 Å². The Morgan fingerprint density at radius 3 is 2.44 bits per heavy atom. The summed E-state index contributed by atoms with van der Waals surface area (Å²) in [6.45, 7) is 5.80. The first kappa shape index (κ1) is 12.5. The Kier molecular flexibility index (Phi) is 3.21. The van der Waals surface area contributed by atoms with Gasteiger partial charge in [0.15, 0.2) is 5.96 Å². The van der Waals surface area contributed by atoms with Gasteiger partial charge in [-0.15, -0.1) is 0 Å². The van der Waals surface area contributed by atoms with Crippen molar-refractivity contribution in [1.82, 2.24) is 10.2 Å². The number of nitrogens with zero attached hydrogens (tertiary/aromatic N) is 2. The first-order valence-corrected chi connectivity index (χ1v) is 5.12. The van der Waals surface area contributed by atoms with Crippen molar-refractivity contribution < 1.29 is 9.59 Å². The van der Waals surface area contributed by atoms with Gasteiger partial charge in [0, 0.05) is 12.6 Å². The molecule has 0 aromatic rings. The highest BCUT2D eigenvalue weighted by molar-refractivity contribution is 6.06. The predicted molar refractivity (Wildman–Crippen MR) is 60.7 cm³/mol. The molecule has 1 unspecified atom stereocenters. The van der Waals surface area contributed by atoms with E-state index >= 15 is 0 Å². The van der Waals surface area contributed by atoms with Gasteiger partial charge in [-0.2, -0.15) is 0 Å². The van der Waals surface area contributed by atoms with Crippen LogP contribution < -0.4 is 11.1 Å². The van der Waals surface area contributed by atoms with Crippen molar-refractivity contribution in [3.63, 3.8) is 0 Å². The minimum absolute atomic E-state index is 0.0991. The van der Waals surface area contributed by atoms with Crippen LogP contribution in [0.1, 0.15) is 27.2 Å². The third kappa shape index (κ3) is 2.95. The van der Waals surface area contributed by atoms with Gasteiger partial charge < -0.3 is 11.1 Å². The Hall–Kier alpha value is -1.59. The van der Waals surface area contributed by atoms with E-state index in [1.807, 2.05) is 20.8 Å². The molecule has 0 bridgehead atoms. The second kappa shape index (κ2) is 4.11. The van der Waals surface area contributed by atoms with E-state index in [0.717, 1.165) is 4.90 Å². The summed E-state index contributed by atoms with van der Waals surface area (Å²) in [4.78, 5) is 27.9. The maximum absolute atomic E-state index is 11.5. The number of guanidine groups is 1. The average Bonchev–Trinajstić information content (AvgIpc) is 2.30. The molecule has 0 saturated carbocycles. The van der Waals surface area contributed by atoms with E-state index in [-0.39, 0.29) is 29.7 Å². The highest BCUT2D eigenvalue weighted by Gasteiger charge is 2.36. The Morgan fingerprint density at radius 2 is 2.06 bits per heavy atom. The van der Waals surface area contributed by atoms with Crippen molar-refractivity contribution in [3.05, 3.63) is 0 Å². The zero-order valence-corrected chi connectivity index (χ0v) is 10.1. The largest absolute Gasteiger partial charge is 0.370 e.